The standard InChI is InChI=1S/C20H26N2O/c1-16-7-9-18(10-8-16)20(23)15-21-11-13-22(14-12-21)19-6-4-3-5-17(19)2/h3-10,20,23H,11-15H2,1-2H3/t20-/m0/s1. The van der Waals surface area contributed by atoms with Gasteiger partial charge in [-0.05, 0) is 31.0 Å². The van der Waals surface area contributed by atoms with Crippen LogP contribution in [0.1, 0.15) is 22.8 Å². The first-order chi connectivity index (χ1) is 11.1. The highest BCUT2D eigenvalue weighted by Crippen LogP contribution is 2.22. The van der Waals surface area contributed by atoms with Crippen LogP contribution in [0.25, 0.3) is 0 Å². The van der Waals surface area contributed by atoms with Gasteiger partial charge in [0.15, 0.2) is 0 Å². The van der Waals surface area contributed by atoms with E-state index in [0.717, 1.165) is 31.7 Å². The third-order valence-corrected chi connectivity index (χ3v) is 4.72. The number of hydrogen-bond donors (Lipinski definition) is 1. The molecule has 3 nitrogen and oxygen atoms in total. The Labute approximate surface area is 139 Å². The van der Waals surface area contributed by atoms with Gasteiger partial charge in [-0.3, -0.25) is 4.90 Å². The fourth-order valence-electron chi connectivity index (χ4n) is 3.23. The SMILES string of the molecule is Cc1ccc([C@@H](O)CN2CCN(c3ccccc3C)CC2)cc1. The molecule has 1 aliphatic heterocycles. The minimum absolute atomic E-state index is 0.402. The molecule has 23 heavy (non-hydrogen) atoms. The third-order valence-electron chi connectivity index (χ3n) is 4.72. The van der Waals surface area contributed by atoms with Crippen molar-refractivity contribution in [3.8, 4) is 0 Å². The summed E-state index contributed by atoms with van der Waals surface area (Å²) in [6.45, 7) is 8.99. The lowest BCUT2D eigenvalue weighted by Gasteiger charge is -2.37. The van der Waals surface area contributed by atoms with Crippen LogP contribution in [0.5, 0.6) is 0 Å². The number of aliphatic hydroxyl groups is 1. The van der Waals surface area contributed by atoms with Gasteiger partial charge in [0, 0.05) is 38.4 Å². The van der Waals surface area contributed by atoms with Gasteiger partial charge in [0.05, 0.1) is 6.10 Å². The van der Waals surface area contributed by atoms with E-state index in [2.05, 4.69) is 60.0 Å². The Morgan fingerprint density at radius 3 is 2.22 bits per heavy atom. The molecule has 3 heteroatoms. The first-order valence-electron chi connectivity index (χ1n) is 8.41. The van der Waals surface area contributed by atoms with E-state index < -0.39 is 6.10 Å². The van der Waals surface area contributed by atoms with Gasteiger partial charge in [-0.1, -0.05) is 48.0 Å². The van der Waals surface area contributed by atoms with Crippen molar-refractivity contribution < 1.29 is 5.11 Å². The Bertz CT molecular complexity index is 630. The molecule has 2 aromatic carbocycles. The van der Waals surface area contributed by atoms with Crippen LogP contribution in [-0.4, -0.2) is 42.7 Å². The quantitative estimate of drug-likeness (QED) is 0.940. The van der Waals surface area contributed by atoms with Crippen molar-refractivity contribution in [3.05, 3.63) is 65.2 Å². The summed E-state index contributed by atoms with van der Waals surface area (Å²) in [5, 5.41) is 10.4. The number of para-hydroxylation sites is 1. The van der Waals surface area contributed by atoms with E-state index in [1.807, 2.05) is 12.1 Å². The lowest BCUT2D eigenvalue weighted by Crippen LogP contribution is -2.47. The van der Waals surface area contributed by atoms with Crippen LogP contribution in [0.2, 0.25) is 0 Å². The Kier molecular flexibility index (Phi) is 4.99. The number of aliphatic hydroxyl groups excluding tert-OH is 1. The number of anilines is 1. The second-order valence-corrected chi connectivity index (χ2v) is 6.50. The topological polar surface area (TPSA) is 26.7 Å². The van der Waals surface area contributed by atoms with Gasteiger partial charge in [0.2, 0.25) is 0 Å². The molecule has 0 bridgehead atoms. The summed E-state index contributed by atoms with van der Waals surface area (Å²) in [4.78, 5) is 4.81. The maximum atomic E-state index is 10.4. The van der Waals surface area contributed by atoms with Gasteiger partial charge in [-0.25, -0.2) is 0 Å². The number of benzene rings is 2. The second kappa shape index (κ2) is 7.16. The summed E-state index contributed by atoms with van der Waals surface area (Å²) in [5.74, 6) is 0. The Morgan fingerprint density at radius 2 is 1.57 bits per heavy atom. The average molecular weight is 310 g/mol. The first kappa shape index (κ1) is 16.0. The fourth-order valence-corrected chi connectivity index (χ4v) is 3.23. The van der Waals surface area contributed by atoms with Crippen molar-refractivity contribution in [3.63, 3.8) is 0 Å². The molecule has 0 aliphatic carbocycles. The fraction of sp³-hybridized carbons (Fsp3) is 0.400. The third kappa shape index (κ3) is 3.92. The van der Waals surface area contributed by atoms with E-state index in [1.54, 1.807) is 0 Å². The molecular formula is C20H26N2O. The summed E-state index contributed by atoms with van der Waals surface area (Å²) in [6.07, 6.45) is -0.402. The van der Waals surface area contributed by atoms with Crippen molar-refractivity contribution in [1.29, 1.82) is 0 Å². The van der Waals surface area contributed by atoms with Gasteiger partial charge in [-0.15, -0.1) is 0 Å². The summed E-state index contributed by atoms with van der Waals surface area (Å²) in [6, 6.07) is 16.8. The van der Waals surface area contributed by atoms with Gasteiger partial charge in [0.25, 0.3) is 0 Å². The lowest BCUT2D eigenvalue weighted by molar-refractivity contribution is 0.109. The smallest absolute Gasteiger partial charge is 0.0916 e. The van der Waals surface area contributed by atoms with Crippen molar-refractivity contribution in [2.24, 2.45) is 0 Å². The monoisotopic (exact) mass is 310 g/mol. The maximum Gasteiger partial charge on any atom is 0.0916 e. The van der Waals surface area contributed by atoms with E-state index in [4.69, 9.17) is 0 Å². The van der Waals surface area contributed by atoms with E-state index in [1.165, 1.54) is 16.8 Å². The van der Waals surface area contributed by atoms with Gasteiger partial charge < -0.3 is 10.0 Å². The van der Waals surface area contributed by atoms with Crippen LogP contribution in [0.15, 0.2) is 48.5 Å². The molecule has 1 N–H and O–H groups in total. The van der Waals surface area contributed by atoms with Gasteiger partial charge >= 0.3 is 0 Å². The lowest BCUT2D eigenvalue weighted by atomic mass is 10.1. The Morgan fingerprint density at radius 1 is 0.913 bits per heavy atom. The highest BCUT2D eigenvalue weighted by Gasteiger charge is 2.20. The molecular weight excluding hydrogens is 284 g/mol. The van der Waals surface area contributed by atoms with E-state index in [9.17, 15) is 5.11 Å². The van der Waals surface area contributed by atoms with Crippen molar-refractivity contribution >= 4 is 5.69 Å². The molecule has 0 unspecified atom stereocenters. The summed E-state index contributed by atoms with van der Waals surface area (Å²) in [7, 11) is 0. The van der Waals surface area contributed by atoms with E-state index >= 15 is 0 Å². The molecule has 0 saturated carbocycles. The molecule has 0 aromatic heterocycles. The predicted octanol–water partition coefficient (Wildman–Crippen LogP) is 3.16. The zero-order valence-electron chi connectivity index (χ0n) is 14.1. The molecule has 1 heterocycles. The number of β-amino-alcohol motifs (C(OH)–C–C–N with tert-alkyl or cyclic N) is 1. The summed E-state index contributed by atoms with van der Waals surface area (Å²) >= 11 is 0. The number of aryl methyl sites for hydroxylation is 2. The van der Waals surface area contributed by atoms with Crippen LogP contribution in [-0.2, 0) is 0 Å². The molecule has 0 amide bonds. The van der Waals surface area contributed by atoms with Crippen molar-refractivity contribution in [2.45, 2.75) is 20.0 Å². The number of hydrogen-bond acceptors (Lipinski definition) is 3. The van der Waals surface area contributed by atoms with Crippen LogP contribution in [0, 0.1) is 13.8 Å². The summed E-state index contributed by atoms with van der Waals surface area (Å²) in [5.41, 5.74) is 4.91. The molecule has 1 saturated heterocycles. The van der Waals surface area contributed by atoms with Crippen LogP contribution in [0.4, 0.5) is 5.69 Å². The maximum absolute atomic E-state index is 10.4. The minimum atomic E-state index is -0.402. The average Bonchev–Trinajstić information content (AvgIpc) is 2.57. The number of piperazine rings is 1. The minimum Gasteiger partial charge on any atom is -0.387 e. The van der Waals surface area contributed by atoms with Gasteiger partial charge in [0.1, 0.15) is 0 Å². The highest BCUT2D eigenvalue weighted by molar-refractivity contribution is 5.53. The van der Waals surface area contributed by atoms with E-state index in [-0.39, 0.29) is 0 Å². The normalized spacial score (nSPS) is 17.3. The molecule has 1 aliphatic rings. The molecule has 0 radical (unpaired) electrons. The number of nitrogens with zero attached hydrogens (tertiary/aromatic N) is 2. The van der Waals surface area contributed by atoms with Crippen molar-refractivity contribution in [1.82, 2.24) is 4.90 Å². The molecule has 1 atom stereocenters. The Hall–Kier alpha value is -1.84. The van der Waals surface area contributed by atoms with Crippen molar-refractivity contribution in [2.75, 3.05) is 37.6 Å². The van der Waals surface area contributed by atoms with Crippen LogP contribution < -0.4 is 4.90 Å². The highest BCUT2D eigenvalue weighted by atomic mass is 16.3. The molecule has 0 spiro atoms. The largest absolute Gasteiger partial charge is 0.387 e. The van der Waals surface area contributed by atoms with E-state index in [0.29, 0.717) is 6.54 Å². The first-order valence-corrected chi connectivity index (χ1v) is 8.41. The molecule has 122 valence electrons. The van der Waals surface area contributed by atoms with Crippen LogP contribution in [0.3, 0.4) is 0 Å². The Balaban J connectivity index is 1.55. The molecule has 3 rings (SSSR count). The zero-order valence-corrected chi connectivity index (χ0v) is 14.1. The molecule has 2 aromatic rings. The zero-order chi connectivity index (χ0) is 16.2. The second-order valence-electron chi connectivity index (χ2n) is 6.50. The van der Waals surface area contributed by atoms with Crippen LogP contribution >= 0.6 is 0 Å². The van der Waals surface area contributed by atoms with Gasteiger partial charge in [-0.2, -0.15) is 0 Å². The molecule has 1 fully saturated rings. The predicted molar refractivity (Wildman–Crippen MR) is 96.0 cm³/mol. The number of rotatable bonds is 4. The summed E-state index contributed by atoms with van der Waals surface area (Å²) < 4.78 is 0.